The molecule has 1 amide bonds. The second kappa shape index (κ2) is 7.27. The Bertz CT molecular complexity index is 903. The van der Waals surface area contributed by atoms with Gasteiger partial charge in [-0.1, -0.05) is 38.5 Å². The van der Waals surface area contributed by atoms with Crippen LogP contribution in [0.3, 0.4) is 0 Å². The third-order valence-electron chi connectivity index (χ3n) is 4.77. The molecule has 2 aromatic rings. The fraction of sp³-hybridized carbons (Fsp3) is 0.474. The Morgan fingerprint density at radius 2 is 1.96 bits per heavy atom. The summed E-state index contributed by atoms with van der Waals surface area (Å²) in [5.41, 5.74) is -0.0629. The molecule has 7 heteroatoms. The number of nitrogens with one attached hydrogen (secondary N) is 1. The summed E-state index contributed by atoms with van der Waals surface area (Å²) in [4.78, 5) is 36.8. The highest BCUT2D eigenvalue weighted by atomic mass is 16.4. The number of hydrogen-bond donors (Lipinski definition) is 2. The minimum Gasteiger partial charge on any atom is -0.481 e. The molecule has 2 atom stereocenters. The van der Waals surface area contributed by atoms with Crippen LogP contribution in [0.4, 0.5) is 0 Å². The van der Waals surface area contributed by atoms with Crippen LogP contribution in [0.25, 0.3) is 10.8 Å². The van der Waals surface area contributed by atoms with Gasteiger partial charge in [0.05, 0.1) is 11.3 Å². The van der Waals surface area contributed by atoms with Crippen LogP contribution in [0.2, 0.25) is 0 Å². The smallest absolute Gasteiger partial charge is 0.308 e. The lowest BCUT2D eigenvalue weighted by molar-refractivity contribution is -0.142. The van der Waals surface area contributed by atoms with Crippen molar-refractivity contribution in [1.29, 1.82) is 0 Å². The van der Waals surface area contributed by atoms with Gasteiger partial charge in [0.25, 0.3) is 11.5 Å². The molecule has 138 valence electrons. The molecule has 1 aliphatic carbocycles. The topological polar surface area (TPSA) is 101 Å². The first-order valence-corrected chi connectivity index (χ1v) is 8.92. The summed E-state index contributed by atoms with van der Waals surface area (Å²) in [7, 11) is 0. The Hall–Kier alpha value is -2.70. The summed E-state index contributed by atoms with van der Waals surface area (Å²) < 4.78 is 1.32. The largest absolute Gasteiger partial charge is 0.481 e. The minimum atomic E-state index is -0.893. The van der Waals surface area contributed by atoms with E-state index in [1.54, 1.807) is 24.3 Å². The van der Waals surface area contributed by atoms with Crippen LogP contribution in [-0.2, 0) is 11.3 Å². The lowest BCUT2D eigenvalue weighted by atomic mass is 10.0. The van der Waals surface area contributed by atoms with Gasteiger partial charge in [0.2, 0.25) is 0 Å². The molecule has 1 aromatic heterocycles. The summed E-state index contributed by atoms with van der Waals surface area (Å²) in [6.45, 7) is 4.35. The van der Waals surface area contributed by atoms with Gasteiger partial charge in [-0.25, -0.2) is 4.68 Å². The van der Waals surface area contributed by atoms with E-state index >= 15 is 0 Å². The van der Waals surface area contributed by atoms with Crippen LogP contribution in [-0.4, -0.2) is 32.8 Å². The molecule has 0 radical (unpaired) electrons. The van der Waals surface area contributed by atoms with Crippen LogP contribution in [0, 0.1) is 11.8 Å². The Morgan fingerprint density at radius 3 is 2.62 bits per heavy atom. The number of carbonyl (C=O) groups excluding carboxylic acids is 1. The van der Waals surface area contributed by atoms with Crippen LogP contribution < -0.4 is 10.9 Å². The van der Waals surface area contributed by atoms with E-state index in [1.807, 2.05) is 13.8 Å². The van der Waals surface area contributed by atoms with Gasteiger partial charge >= 0.3 is 5.97 Å². The number of rotatable bonds is 5. The molecule has 0 spiro atoms. The number of carbonyl (C=O) groups is 2. The van der Waals surface area contributed by atoms with Gasteiger partial charge < -0.3 is 10.4 Å². The van der Waals surface area contributed by atoms with Crippen LogP contribution in [0.5, 0.6) is 0 Å². The number of benzene rings is 1. The highest BCUT2D eigenvalue weighted by Gasteiger charge is 2.34. The predicted octanol–water partition coefficient (Wildman–Crippen LogP) is 2.04. The highest BCUT2D eigenvalue weighted by Crippen LogP contribution is 2.26. The zero-order chi connectivity index (χ0) is 18.8. The molecule has 0 aliphatic heterocycles. The fourth-order valence-corrected chi connectivity index (χ4v) is 3.54. The monoisotopic (exact) mass is 357 g/mol. The van der Waals surface area contributed by atoms with E-state index in [-0.39, 0.29) is 17.2 Å². The molecule has 3 rings (SSSR count). The van der Waals surface area contributed by atoms with Crippen LogP contribution >= 0.6 is 0 Å². The number of aliphatic carboxylic acids is 1. The summed E-state index contributed by atoms with van der Waals surface area (Å²) in [5, 5.41) is 17.3. The Morgan fingerprint density at radius 1 is 1.27 bits per heavy atom. The van der Waals surface area contributed by atoms with Crippen molar-refractivity contribution in [2.75, 3.05) is 0 Å². The Kier molecular flexibility index (Phi) is 5.06. The molecule has 1 saturated carbocycles. The normalized spacial score (nSPS) is 19.8. The number of hydrogen-bond acceptors (Lipinski definition) is 4. The lowest BCUT2D eigenvalue weighted by Gasteiger charge is -2.18. The second-order valence-electron chi connectivity index (χ2n) is 7.23. The average Bonchev–Trinajstić information content (AvgIpc) is 3.05. The van der Waals surface area contributed by atoms with Crippen molar-refractivity contribution in [2.24, 2.45) is 11.8 Å². The molecule has 1 aliphatic rings. The maximum atomic E-state index is 12.9. The van der Waals surface area contributed by atoms with E-state index in [4.69, 9.17) is 0 Å². The van der Waals surface area contributed by atoms with Crippen LogP contribution in [0.15, 0.2) is 29.1 Å². The van der Waals surface area contributed by atoms with E-state index in [9.17, 15) is 19.5 Å². The fourth-order valence-electron chi connectivity index (χ4n) is 3.54. The zero-order valence-corrected chi connectivity index (χ0v) is 14.9. The summed E-state index contributed by atoms with van der Waals surface area (Å²) >= 11 is 0. The third kappa shape index (κ3) is 3.47. The minimum absolute atomic E-state index is 0.164. The van der Waals surface area contributed by atoms with Crippen LogP contribution in [0.1, 0.15) is 43.6 Å². The Balaban J connectivity index is 2.00. The molecule has 0 unspecified atom stereocenters. The molecule has 1 aromatic carbocycles. The predicted molar refractivity (Wildman–Crippen MR) is 97.1 cm³/mol. The molecule has 1 heterocycles. The van der Waals surface area contributed by atoms with Gasteiger partial charge in [-0.3, -0.25) is 14.4 Å². The van der Waals surface area contributed by atoms with Gasteiger partial charge in [0.15, 0.2) is 5.69 Å². The van der Waals surface area contributed by atoms with Gasteiger partial charge in [-0.2, -0.15) is 5.10 Å². The lowest BCUT2D eigenvalue weighted by Crippen LogP contribution is -2.41. The number of nitrogens with zero attached hydrogens (tertiary/aromatic N) is 2. The molecular weight excluding hydrogens is 334 g/mol. The molecule has 26 heavy (non-hydrogen) atoms. The molecule has 1 fully saturated rings. The standard InChI is InChI=1S/C19H23N3O4/c1-11(2)10-22-18(24)13-7-4-3-6-12(13)16(21-22)17(23)20-15-9-5-8-14(15)19(25)26/h3-4,6-7,11,14-15H,5,8-10H2,1-2H3,(H,20,23)(H,25,26)/t14-,15+/m0/s1. The number of carboxylic acids is 1. The summed E-state index contributed by atoms with van der Waals surface area (Å²) in [5.74, 6) is -1.71. The first-order valence-electron chi connectivity index (χ1n) is 8.92. The molecular formula is C19H23N3O4. The van der Waals surface area contributed by atoms with Crippen molar-refractivity contribution in [3.63, 3.8) is 0 Å². The maximum absolute atomic E-state index is 12.9. The average molecular weight is 357 g/mol. The second-order valence-corrected chi connectivity index (χ2v) is 7.23. The number of carboxylic acid groups (broad SMARTS) is 1. The van der Waals surface area contributed by atoms with Crippen molar-refractivity contribution in [2.45, 2.75) is 45.7 Å². The van der Waals surface area contributed by atoms with Crippen molar-refractivity contribution < 1.29 is 14.7 Å². The molecule has 7 nitrogen and oxygen atoms in total. The van der Waals surface area contributed by atoms with Gasteiger partial charge in [-0.15, -0.1) is 0 Å². The number of fused-ring (bicyclic) bond motifs is 1. The van der Waals surface area contributed by atoms with E-state index in [2.05, 4.69) is 10.4 Å². The summed E-state index contributed by atoms with van der Waals surface area (Å²) in [6, 6.07) is 6.47. The summed E-state index contributed by atoms with van der Waals surface area (Å²) in [6.07, 6.45) is 1.95. The van der Waals surface area contributed by atoms with Gasteiger partial charge in [0.1, 0.15) is 0 Å². The SMILES string of the molecule is CC(C)Cn1nc(C(=O)N[C@@H]2CCC[C@@H]2C(=O)O)c2ccccc2c1=O. The van der Waals surface area contributed by atoms with Gasteiger partial charge in [0, 0.05) is 18.0 Å². The van der Waals surface area contributed by atoms with E-state index in [0.29, 0.717) is 30.2 Å². The van der Waals surface area contributed by atoms with E-state index < -0.39 is 23.8 Å². The van der Waals surface area contributed by atoms with Gasteiger partial charge in [-0.05, 0) is 24.8 Å². The van der Waals surface area contributed by atoms with E-state index in [0.717, 1.165) is 6.42 Å². The quantitative estimate of drug-likeness (QED) is 0.853. The van der Waals surface area contributed by atoms with E-state index in [1.165, 1.54) is 4.68 Å². The Labute approximate surface area is 151 Å². The molecule has 2 N–H and O–H groups in total. The van der Waals surface area contributed by atoms with Crippen molar-refractivity contribution in [3.8, 4) is 0 Å². The highest BCUT2D eigenvalue weighted by molar-refractivity contribution is 6.05. The first kappa shape index (κ1) is 18.1. The number of aromatic nitrogens is 2. The van der Waals surface area contributed by atoms with Crippen molar-refractivity contribution in [3.05, 3.63) is 40.3 Å². The maximum Gasteiger partial charge on any atom is 0.308 e. The van der Waals surface area contributed by atoms with Crippen molar-refractivity contribution in [1.82, 2.24) is 15.1 Å². The zero-order valence-electron chi connectivity index (χ0n) is 14.9. The number of amides is 1. The molecule has 0 bridgehead atoms. The molecule has 0 saturated heterocycles. The third-order valence-corrected chi connectivity index (χ3v) is 4.77. The first-order chi connectivity index (χ1) is 12.4. The van der Waals surface area contributed by atoms with Crippen molar-refractivity contribution >= 4 is 22.6 Å².